The molecule has 0 spiro atoms. The Kier molecular flexibility index (Phi) is 6.03. The molecule has 8 heteroatoms. The summed E-state index contributed by atoms with van der Waals surface area (Å²) in [5, 5.41) is 16.6. The van der Waals surface area contributed by atoms with E-state index in [2.05, 4.69) is 26.9 Å². The van der Waals surface area contributed by atoms with Gasteiger partial charge in [-0.2, -0.15) is 5.10 Å². The zero-order valence-electron chi connectivity index (χ0n) is 16.8. The van der Waals surface area contributed by atoms with Gasteiger partial charge in [0.25, 0.3) is 5.56 Å². The van der Waals surface area contributed by atoms with Crippen LogP contribution in [-0.2, 0) is 6.54 Å². The van der Waals surface area contributed by atoms with E-state index in [0.717, 1.165) is 44.0 Å². The molecule has 1 fully saturated rings. The first kappa shape index (κ1) is 19.8. The fourth-order valence-electron chi connectivity index (χ4n) is 4.16. The minimum atomic E-state index is -0.0556. The molecular formula is C21H28N6O2. The monoisotopic (exact) mass is 396 g/mol. The standard InChI is InChI=1S/C21H28N6O2/c1-2-18(26-10-8-25(9-11-26)12-13-28)20-23-19-17(14-22-24-19)21(29)27(20)15-16-6-4-3-5-7-16/h3-7,14,18,28H,2,8-13,15H2,1H3,(H,22,24). The highest BCUT2D eigenvalue weighted by atomic mass is 16.3. The van der Waals surface area contributed by atoms with E-state index in [1.54, 1.807) is 10.8 Å². The highest BCUT2D eigenvalue weighted by molar-refractivity contribution is 5.72. The van der Waals surface area contributed by atoms with Crippen LogP contribution in [0.15, 0.2) is 41.3 Å². The fourth-order valence-corrected chi connectivity index (χ4v) is 4.16. The number of piperazine rings is 1. The summed E-state index contributed by atoms with van der Waals surface area (Å²) in [6.07, 6.45) is 2.42. The van der Waals surface area contributed by atoms with Crippen molar-refractivity contribution >= 4 is 11.0 Å². The van der Waals surface area contributed by atoms with Crippen molar-refractivity contribution in [3.05, 3.63) is 58.3 Å². The molecule has 154 valence electrons. The Morgan fingerprint density at radius 3 is 2.62 bits per heavy atom. The predicted molar refractivity (Wildman–Crippen MR) is 112 cm³/mol. The molecule has 4 rings (SSSR count). The van der Waals surface area contributed by atoms with Crippen molar-refractivity contribution < 1.29 is 5.11 Å². The molecule has 0 amide bonds. The number of nitrogens with one attached hydrogen (secondary N) is 1. The van der Waals surface area contributed by atoms with E-state index >= 15 is 0 Å². The summed E-state index contributed by atoms with van der Waals surface area (Å²) >= 11 is 0. The lowest BCUT2D eigenvalue weighted by Gasteiger charge is -2.39. The van der Waals surface area contributed by atoms with Crippen molar-refractivity contribution in [2.75, 3.05) is 39.3 Å². The predicted octanol–water partition coefficient (Wildman–Crippen LogP) is 1.23. The number of aromatic nitrogens is 4. The number of aliphatic hydroxyl groups excluding tert-OH is 1. The van der Waals surface area contributed by atoms with Crippen LogP contribution >= 0.6 is 0 Å². The van der Waals surface area contributed by atoms with Gasteiger partial charge >= 0.3 is 0 Å². The fraction of sp³-hybridized carbons (Fsp3) is 0.476. The first-order valence-electron chi connectivity index (χ1n) is 10.3. The van der Waals surface area contributed by atoms with Gasteiger partial charge in [-0.15, -0.1) is 0 Å². The Hall–Kier alpha value is -2.55. The molecule has 1 atom stereocenters. The molecular weight excluding hydrogens is 368 g/mol. The van der Waals surface area contributed by atoms with Gasteiger partial charge in [0, 0.05) is 32.7 Å². The van der Waals surface area contributed by atoms with Crippen LogP contribution in [0.25, 0.3) is 11.0 Å². The average molecular weight is 396 g/mol. The second-order valence-corrected chi connectivity index (χ2v) is 7.50. The lowest BCUT2D eigenvalue weighted by molar-refractivity contribution is 0.0774. The first-order chi connectivity index (χ1) is 14.2. The number of benzene rings is 1. The Balaban J connectivity index is 1.71. The maximum absolute atomic E-state index is 13.3. The van der Waals surface area contributed by atoms with Crippen LogP contribution in [-0.4, -0.2) is 74.0 Å². The first-order valence-corrected chi connectivity index (χ1v) is 10.3. The Morgan fingerprint density at radius 2 is 1.93 bits per heavy atom. The Bertz CT molecular complexity index is 991. The summed E-state index contributed by atoms with van der Waals surface area (Å²) in [5.74, 6) is 0.786. The summed E-state index contributed by atoms with van der Waals surface area (Å²) in [6, 6.07) is 10.1. The summed E-state index contributed by atoms with van der Waals surface area (Å²) < 4.78 is 1.81. The van der Waals surface area contributed by atoms with Crippen molar-refractivity contribution in [2.45, 2.75) is 25.9 Å². The Morgan fingerprint density at radius 1 is 1.17 bits per heavy atom. The number of fused-ring (bicyclic) bond motifs is 1. The van der Waals surface area contributed by atoms with E-state index < -0.39 is 0 Å². The van der Waals surface area contributed by atoms with E-state index in [9.17, 15) is 9.90 Å². The largest absolute Gasteiger partial charge is 0.395 e. The topological polar surface area (TPSA) is 90.3 Å². The number of hydrogen-bond acceptors (Lipinski definition) is 6. The van der Waals surface area contributed by atoms with E-state index in [4.69, 9.17) is 4.98 Å². The molecule has 0 bridgehead atoms. The summed E-state index contributed by atoms with van der Waals surface area (Å²) in [6.45, 7) is 7.12. The second kappa shape index (κ2) is 8.86. The van der Waals surface area contributed by atoms with Gasteiger partial charge in [0.05, 0.1) is 25.4 Å². The number of β-amino-alcohol motifs (C(OH)–C–C–N with tert-alkyl or cyclic N) is 1. The van der Waals surface area contributed by atoms with Crippen LogP contribution in [0, 0.1) is 0 Å². The number of rotatable bonds is 7. The molecule has 29 heavy (non-hydrogen) atoms. The zero-order valence-corrected chi connectivity index (χ0v) is 16.8. The van der Waals surface area contributed by atoms with Gasteiger partial charge < -0.3 is 5.11 Å². The Labute approximate surface area is 169 Å². The molecule has 3 aromatic rings. The number of H-pyrrole nitrogens is 1. The molecule has 1 aliphatic rings. The molecule has 2 aromatic heterocycles. The minimum Gasteiger partial charge on any atom is -0.395 e. The third kappa shape index (κ3) is 4.10. The van der Waals surface area contributed by atoms with Crippen LogP contribution in [0.3, 0.4) is 0 Å². The van der Waals surface area contributed by atoms with Crippen molar-refractivity contribution in [1.82, 2.24) is 29.5 Å². The average Bonchev–Trinajstić information content (AvgIpc) is 3.22. The number of aromatic amines is 1. The smallest absolute Gasteiger partial charge is 0.265 e. The van der Waals surface area contributed by atoms with Gasteiger partial charge in [0.15, 0.2) is 5.65 Å². The summed E-state index contributed by atoms with van der Waals surface area (Å²) in [5.41, 5.74) is 1.56. The molecule has 2 N–H and O–H groups in total. The normalized spacial score (nSPS) is 17.0. The molecule has 0 saturated carbocycles. The van der Waals surface area contributed by atoms with Gasteiger partial charge in [-0.05, 0) is 12.0 Å². The van der Waals surface area contributed by atoms with Crippen LogP contribution < -0.4 is 5.56 Å². The van der Waals surface area contributed by atoms with Crippen molar-refractivity contribution in [3.63, 3.8) is 0 Å². The highest BCUT2D eigenvalue weighted by Crippen LogP contribution is 2.25. The molecule has 1 aliphatic heterocycles. The second-order valence-electron chi connectivity index (χ2n) is 7.50. The SMILES string of the molecule is CCC(c1nc2[nH]ncc2c(=O)n1Cc1ccccc1)N1CCN(CCO)CC1. The van der Waals surface area contributed by atoms with Crippen molar-refractivity contribution in [3.8, 4) is 0 Å². The van der Waals surface area contributed by atoms with Crippen LogP contribution in [0.2, 0.25) is 0 Å². The van der Waals surface area contributed by atoms with E-state index in [-0.39, 0.29) is 18.2 Å². The highest BCUT2D eigenvalue weighted by Gasteiger charge is 2.28. The van der Waals surface area contributed by atoms with Gasteiger partial charge in [-0.1, -0.05) is 37.3 Å². The molecule has 0 radical (unpaired) electrons. The zero-order chi connectivity index (χ0) is 20.2. The van der Waals surface area contributed by atoms with Crippen LogP contribution in [0.1, 0.15) is 30.8 Å². The van der Waals surface area contributed by atoms with Crippen LogP contribution in [0.4, 0.5) is 0 Å². The number of nitrogens with zero attached hydrogens (tertiary/aromatic N) is 5. The third-order valence-electron chi connectivity index (χ3n) is 5.73. The maximum Gasteiger partial charge on any atom is 0.265 e. The molecule has 3 heterocycles. The van der Waals surface area contributed by atoms with E-state index in [1.807, 2.05) is 30.3 Å². The molecule has 1 unspecified atom stereocenters. The summed E-state index contributed by atoms with van der Waals surface area (Å²) in [7, 11) is 0. The molecule has 1 aromatic carbocycles. The van der Waals surface area contributed by atoms with Gasteiger partial charge in [0.2, 0.25) is 0 Å². The van der Waals surface area contributed by atoms with Crippen LogP contribution in [0.5, 0.6) is 0 Å². The van der Waals surface area contributed by atoms with Gasteiger partial charge in [-0.3, -0.25) is 24.3 Å². The van der Waals surface area contributed by atoms with Gasteiger partial charge in [-0.25, -0.2) is 4.98 Å². The quantitative estimate of drug-likeness (QED) is 0.624. The minimum absolute atomic E-state index is 0.0513. The van der Waals surface area contributed by atoms with Crippen molar-refractivity contribution in [1.29, 1.82) is 0 Å². The van der Waals surface area contributed by atoms with Gasteiger partial charge in [0.1, 0.15) is 11.2 Å². The van der Waals surface area contributed by atoms with E-state index in [1.165, 1.54) is 0 Å². The lowest BCUT2D eigenvalue weighted by Crippen LogP contribution is -2.49. The molecule has 1 saturated heterocycles. The number of hydrogen-bond donors (Lipinski definition) is 2. The number of aliphatic hydroxyl groups is 1. The third-order valence-corrected chi connectivity index (χ3v) is 5.73. The lowest BCUT2D eigenvalue weighted by atomic mass is 10.1. The summed E-state index contributed by atoms with van der Waals surface area (Å²) in [4.78, 5) is 22.8. The molecule has 0 aliphatic carbocycles. The maximum atomic E-state index is 13.3. The van der Waals surface area contributed by atoms with Crippen molar-refractivity contribution in [2.24, 2.45) is 0 Å². The van der Waals surface area contributed by atoms with E-state index in [0.29, 0.717) is 24.1 Å². The molecule has 8 nitrogen and oxygen atoms in total.